The molecule has 0 bridgehead atoms. The van der Waals surface area contributed by atoms with Crippen molar-refractivity contribution < 1.29 is 4.79 Å². The van der Waals surface area contributed by atoms with Gasteiger partial charge in [0.25, 0.3) is 0 Å². The van der Waals surface area contributed by atoms with Crippen LogP contribution in [0.25, 0.3) is 0 Å². The molecule has 0 unspecified atom stereocenters. The molecular weight excluding hydrogens is 70.4 g/mol. The zero-order chi connectivity index (χ0) is 2.71. The van der Waals surface area contributed by atoms with Gasteiger partial charge in [0.15, 0.2) is 0 Å². The summed E-state index contributed by atoms with van der Waals surface area (Å²) in [6, 6.07) is 0. The molecule has 0 fully saturated rings. The maximum absolute atomic E-state index is 8.57. The monoisotopic (exact) mass is 72.0 g/mol. The summed E-state index contributed by atoms with van der Waals surface area (Å²) >= 11 is 4.32. The molecule has 0 rings (SSSR count). The van der Waals surface area contributed by atoms with Gasteiger partial charge in [-0.25, -0.2) is 0 Å². The molecule has 0 radical (unpaired) electrons. The zero-order valence-electron chi connectivity index (χ0n) is 1.36. The zero-order valence-corrected chi connectivity index (χ0v) is 2.12. The van der Waals surface area contributed by atoms with Crippen molar-refractivity contribution in [2.24, 2.45) is 0 Å². The molecule has 0 aliphatic rings. The molecule has 0 spiro atoms. The number of carbonyl (C=O) groups excluding carboxylic acids is 1. The number of rotatable bonds is 0. The standard InChI is InChI=1S/CHClO.Li.H/c2-1-3;;/h1H;;. The van der Waals surface area contributed by atoms with Crippen LogP contribution in [0.15, 0.2) is 0 Å². The Morgan fingerprint density at radius 2 is 1.75 bits per heavy atom. The molecular formula is CH2ClLiO. The van der Waals surface area contributed by atoms with E-state index in [1.807, 2.05) is 0 Å². The van der Waals surface area contributed by atoms with Gasteiger partial charge in [-0.15, -0.1) is 0 Å². The summed E-state index contributed by atoms with van der Waals surface area (Å²) in [6.45, 7) is 0. The van der Waals surface area contributed by atoms with Crippen molar-refractivity contribution in [2.45, 2.75) is 0 Å². The number of hydrogen-bond acceptors (Lipinski definition) is 1. The first kappa shape index (κ1) is 8.82. The predicted octanol–water partition coefficient (Wildman–Crippen LogP) is -0.233. The first-order valence-corrected chi connectivity index (χ1v) is 0.890. The molecule has 0 N–H and O–H groups in total. The maximum atomic E-state index is 8.57. The summed E-state index contributed by atoms with van der Waals surface area (Å²) in [5.41, 5.74) is 0. The molecule has 0 atom stereocenters. The molecule has 0 aromatic heterocycles. The van der Waals surface area contributed by atoms with Gasteiger partial charge in [-0.3, -0.25) is 4.79 Å². The van der Waals surface area contributed by atoms with Crippen LogP contribution in [0.1, 0.15) is 0 Å². The van der Waals surface area contributed by atoms with Crippen LogP contribution < -0.4 is 0 Å². The van der Waals surface area contributed by atoms with E-state index < -0.39 is 0 Å². The van der Waals surface area contributed by atoms with E-state index in [0.29, 0.717) is 0 Å². The van der Waals surface area contributed by atoms with Crippen LogP contribution in [0.2, 0.25) is 0 Å². The Morgan fingerprint density at radius 3 is 1.75 bits per heavy atom. The van der Waals surface area contributed by atoms with Crippen molar-refractivity contribution in [3.8, 4) is 0 Å². The molecule has 0 saturated carbocycles. The summed E-state index contributed by atoms with van der Waals surface area (Å²) in [4.78, 5) is 8.57. The van der Waals surface area contributed by atoms with Crippen LogP contribution >= 0.6 is 11.6 Å². The molecule has 1 nitrogen and oxygen atoms in total. The molecule has 0 heterocycles. The van der Waals surface area contributed by atoms with E-state index in [0.717, 1.165) is 0 Å². The number of halogens is 1. The van der Waals surface area contributed by atoms with Crippen LogP contribution in [0.3, 0.4) is 0 Å². The second-order valence-corrected chi connectivity index (χ2v) is 0.267. The van der Waals surface area contributed by atoms with Crippen LogP contribution in [0.5, 0.6) is 0 Å². The molecule has 0 saturated heterocycles. The normalized spacial score (nSPS) is 3.25. The van der Waals surface area contributed by atoms with Crippen molar-refractivity contribution in [2.75, 3.05) is 0 Å². The molecule has 0 amide bonds. The van der Waals surface area contributed by atoms with Crippen molar-refractivity contribution in [3.05, 3.63) is 0 Å². The Morgan fingerprint density at radius 1 is 1.75 bits per heavy atom. The van der Waals surface area contributed by atoms with Crippen LogP contribution in [0, 0.1) is 0 Å². The third kappa shape index (κ3) is 20.0. The number of carbonyl (C=O) groups is 1. The molecule has 4 heavy (non-hydrogen) atoms. The first-order chi connectivity index (χ1) is 1.41. The number of hydrogen-bond donors (Lipinski definition) is 0. The van der Waals surface area contributed by atoms with E-state index >= 15 is 0 Å². The second kappa shape index (κ2) is 9.59. The van der Waals surface area contributed by atoms with Gasteiger partial charge in [-0.1, -0.05) is 0 Å². The summed E-state index contributed by atoms with van der Waals surface area (Å²) in [5.74, 6) is 0.222. The van der Waals surface area contributed by atoms with Crippen LogP contribution in [-0.4, -0.2) is 24.6 Å². The van der Waals surface area contributed by atoms with E-state index in [2.05, 4.69) is 11.6 Å². The Balaban J connectivity index is 0. The SMILES string of the molecule is O=CCl.[LiH]. The Bertz CT molecular complexity index is 15.5. The van der Waals surface area contributed by atoms with Gasteiger partial charge < -0.3 is 0 Å². The summed E-state index contributed by atoms with van der Waals surface area (Å²) < 4.78 is 0. The second-order valence-electron chi connectivity index (χ2n) is 0.0891. The van der Waals surface area contributed by atoms with Crippen LogP contribution in [-0.2, 0) is 4.79 Å². The van der Waals surface area contributed by atoms with Crippen molar-refractivity contribution in [1.29, 1.82) is 0 Å². The van der Waals surface area contributed by atoms with Gasteiger partial charge >= 0.3 is 18.9 Å². The first-order valence-electron chi connectivity index (χ1n) is 0.454. The average molecular weight is 72.4 g/mol. The van der Waals surface area contributed by atoms with Crippen LogP contribution in [0.4, 0.5) is 0 Å². The predicted molar refractivity (Wildman–Crippen MR) is 19.8 cm³/mol. The van der Waals surface area contributed by atoms with Gasteiger partial charge in [-0.2, -0.15) is 0 Å². The van der Waals surface area contributed by atoms with E-state index in [-0.39, 0.29) is 24.6 Å². The molecule has 0 aromatic rings. The summed E-state index contributed by atoms with van der Waals surface area (Å²) in [5, 5.41) is 0. The molecule has 0 aliphatic heterocycles. The minimum atomic E-state index is 0. The quantitative estimate of drug-likeness (QED) is 0.219. The fourth-order valence-electron chi connectivity index (χ4n) is 0. The van der Waals surface area contributed by atoms with E-state index in [1.165, 1.54) is 0 Å². The third-order valence-corrected chi connectivity index (χ3v) is 0. The van der Waals surface area contributed by atoms with Gasteiger partial charge in [-0.05, 0) is 11.6 Å². The van der Waals surface area contributed by atoms with E-state index in [1.54, 1.807) is 0 Å². The van der Waals surface area contributed by atoms with Crippen molar-refractivity contribution in [1.82, 2.24) is 0 Å². The van der Waals surface area contributed by atoms with Gasteiger partial charge in [0.05, 0.1) is 0 Å². The minimum absolute atomic E-state index is 0. The summed E-state index contributed by atoms with van der Waals surface area (Å²) in [6.07, 6.45) is 0. The Labute approximate surface area is 41.5 Å². The molecule has 3 heteroatoms. The van der Waals surface area contributed by atoms with Crippen molar-refractivity contribution in [3.63, 3.8) is 0 Å². The fraction of sp³-hybridized carbons (Fsp3) is 0. The Kier molecular flexibility index (Phi) is 21.1. The summed E-state index contributed by atoms with van der Waals surface area (Å²) in [7, 11) is 0. The third-order valence-electron chi connectivity index (χ3n) is 0. The van der Waals surface area contributed by atoms with Crippen molar-refractivity contribution >= 4 is 36.2 Å². The topological polar surface area (TPSA) is 17.1 Å². The van der Waals surface area contributed by atoms with E-state index in [4.69, 9.17) is 4.79 Å². The van der Waals surface area contributed by atoms with Gasteiger partial charge in [0.1, 0.15) is 0 Å². The molecule has 20 valence electrons. The molecule has 0 aromatic carbocycles. The average Bonchev–Trinajstić information content (AvgIpc) is 0.918. The van der Waals surface area contributed by atoms with Gasteiger partial charge in [0.2, 0.25) is 5.75 Å². The van der Waals surface area contributed by atoms with Gasteiger partial charge in [0, 0.05) is 0 Å². The molecule has 0 aliphatic carbocycles. The Hall–Kier alpha value is 0.557. The van der Waals surface area contributed by atoms with E-state index in [9.17, 15) is 0 Å². The fourth-order valence-corrected chi connectivity index (χ4v) is 0.